The van der Waals surface area contributed by atoms with Crippen molar-refractivity contribution in [2.75, 3.05) is 0 Å². The minimum absolute atomic E-state index is 0.135. The molecular weight excluding hydrogens is 420 g/mol. The van der Waals surface area contributed by atoms with Gasteiger partial charge in [0.15, 0.2) is 0 Å². The molecule has 2 aliphatic heterocycles. The molecular formula is C27H42O6. The predicted octanol–water partition coefficient (Wildman–Crippen LogP) is 4.82. The highest BCUT2D eigenvalue weighted by Crippen LogP contribution is 2.70. The molecule has 10 atom stereocenters. The van der Waals surface area contributed by atoms with Crippen molar-refractivity contribution in [2.24, 2.45) is 45.8 Å². The van der Waals surface area contributed by atoms with E-state index in [2.05, 4.69) is 27.7 Å². The van der Waals surface area contributed by atoms with Crippen LogP contribution in [0, 0.1) is 45.8 Å². The number of aliphatic hydroxyl groups is 1. The number of aliphatic hydroxyl groups excluding tert-OH is 1. The first kappa shape index (κ1) is 23.6. The van der Waals surface area contributed by atoms with Gasteiger partial charge in [-0.2, -0.15) is 0 Å². The van der Waals surface area contributed by atoms with Crippen LogP contribution in [0.25, 0.3) is 0 Å². The van der Waals surface area contributed by atoms with E-state index in [1.54, 1.807) is 0 Å². The SMILES string of the molecule is CC(=O)O[C@@H]1O[C@@H](C2CC(=O)OC2O)C[C@@H]2[C@@H]1CCC1[C@@]3(C)CCCC(C)(C)C3CC[C@]12C. The van der Waals surface area contributed by atoms with Gasteiger partial charge in [-0.05, 0) is 78.9 Å². The molecule has 6 nitrogen and oxygen atoms in total. The molecule has 1 N–H and O–H groups in total. The van der Waals surface area contributed by atoms with E-state index in [1.165, 1.54) is 39.0 Å². The van der Waals surface area contributed by atoms with Gasteiger partial charge in [-0.3, -0.25) is 9.59 Å². The van der Waals surface area contributed by atoms with Gasteiger partial charge in [0.25, 0.3) is 0 Å². The largest absolute Gasteiger partial charge is 0.436 e. The van der Waals surface area contributed by atoms with Crippen LogP contribution in [0.1, 0.15) is 92.4 Å². The number of esters is 2. The van der Waals surface area contributed by atoms with Crippen LogP contribution in [0.15, 0.2) is 0 Å². The fraction of sp³-hybridized carbons (Fsp3) is 0.926. The Balaban J connectivity index is 1.48. The van der Waals surface area contributed by atoms with Gasteiger partial charge in [0.2, 0.25) is 12.6 Å². The number of ether oxygens (including phenoxy) is 3. The number of fused-ring (bicyclic) bond motifs is 5. The molecule has 6 heteroatoms. The first-order chi connectivity index (χ1) is 15.5. The summed E-state index contributed by atoms with van der Waals surface area (Å²) >= 11 is 0. The first-order valence-corrected chi connectivity index (χ1v) is 13.2. The molecule has 0 aromatic heterocycles. The average molecular weight is 463 g/mol. The minimum Gasteiger partial charge on any atom is -0.436 e. The lowest BCUT2D eigenvalue weighted by atomic mass is 9.38. The molecule has 3 saturated carbocycles. The van der Waals surface area contributed by atoms with Crippen LogP contribution in [0.3, 0.4) is 0 Å². The third kappa shape index (κ3) is 3.65. The Morgan fingerprint density at radius 3 is 2.42 bits per heavy atom. The molecule has 4 unspecified atom stereocenters. The van der Waals surface area contributed by atoms with Gasteiger partial charge in [0, 0.05) is 12.8 Å². The maximum absolute atomic E-state index is 12.0. The molecule has 186 valence electrons. The zero-order valence-corrected chi connectivity index (χ0v) is 21.0. The van der Waals surface area contributed by atoms with Crippen molar-refractivity contribution in [1.29, 1.82) is 0 Å². The van der Waals surface area contributed by atoms with E-state index in [1.807, 2.05) is 0 Å². The van der Waals surface area contributed by atoms with E-state index in [9.17, 15) is 14.7 Å². The maximum Gasteiger partial charge on any atom is 0.308 e. The Kier molecular flexibility index (Phi) is 5.68. The molecule has 0 spiro atoms. The smallest absolute Gasteiger partial charge is 0.308 e. The summed E-state index contributed by atoms with van der Waals surface area (Å²) in [6.45, 7) is 11.4. The Bertz CT molecular complexity index is 808. The molecule has 5 rings (SSSR count). The van der Waals surface area contributed by atoms with E-state index >= 15 is 0 Å². The van der Waals surface area contributed by atoms with Crippen molar-refractivity contribution in [3.05, 3.63) is 0 Å². The summed E-state index contributed by atoms with van der Waals surface area (Å²) in [7, 11) is 0. The summed E-state index contributed by atoms with van der Waals surface area (Å²) in [5.41, 5.74) is 0.849. The van der Waals surface area contributed by atoms with Crippen molar-refractivity contribution < 1.29 is 28.9 Å². The standard InChI is InChI=1S/C27H42O6/c1-15(28)31-24-16-7-8-21-26(4,12-9-20-25(2,3)10-6-11-27(20,21)5)18(16)14-19(32-24)17-13-22(29)33-23(17)30/h16-21,23-24,30H,6-14H2,1-5H3/t16-,17?,18+,19+,20?,21?,23?,24+,26-,27-/m0/s1. The third-order valence-electron chi connectivity index (χ3n) is 10.9. The zero-order valence-electron chi connectivity index (χ0n) is 21.0. The van der Waals surface area contributed by atoms with E-state index in [-0.39, 0.29) is 35.8 Å². The summed E-state index contributed by atoms with van der Waals surface area (Å²) in [5.74, 6) is 0.760. The van der Waals surface area contributed by atoms with Crippen molar-refractivity contribution in [3.8, 4) is 0 Å². The average Bonchev–Trinajstić information content (AvgIpc) is 3.04. The highest BCUT2D eigenvalue weighted by Gasteiger charge is 2.64. The van der Waals surface area contributed by atoms with Gasteiger partial charge >= 0.3 is 11.9 Å². The molecule has 5 fully saturated rings. The second kappa shape index (κ2) is 7.94. The van der Waals surface area contributed by atoms with Crippen LogP contribution in [0.5, 0.6) is 0 Å². The Labute approximate surface area is 198 Å². The second-order valence-corrected chi connectivity index (χ2v) is 13.0. The maximum atomic E-state index is 12.0. The van der Waals surface area contributed by atoms with Crippen LogP contribution in [-0.4, -0.2) is 35.7 Å². The Morgan fingerprint density at radius 2 is 1.76 bits per heavy atom. The van der Waals surface area contributed by atoms with Crippen LogP contribution >= 0.6 is 0 Å². The van der Waals surface area contributed by atoms with Crippen molar-refractivity contribution in [1.82, 2.24) is 0 Å². The number of hydrogen-bond acceptors (Lipinski definition) is 6. The number of hydrogen-bond donors (Lipinski definition) is 1. The molecule has 0 radical (unpaired) electrons. The molecule has 5 aliphatic rings. The van der Waals surface area contributed by atoms with E-state index in [4.69, 9.17) is 14.2 Å². The molecule has 2 saturated heterocycles. The molecule has 0 aromatic carbocycles. The third-order valence-corrected chi connectivity index (χ3v) is 10.9. The van der Waals surface area contributed by atoms with Crippen molar-refractivity contribution in [3.63, 3.8) is 0 Å². The summed E-state index contributed by atoms with van der Waals surface area (Å²) in [6.07, 6.45) is 7.36. The van der Waals surface area contributed by atoms with Crippen LogP contribution in [0.4, 0.5) is 0 Å². The highest BCUT2D eigenvalue weighted by atomic mass is 16.7. The van der Waals surface area contributed by atoms with Gasteiger partial charge in [-0.25, -0.2) is 0 Å². The highest BCUT2D eigenvalue weighted by molar-refractivity contribution is 5.72. The van der Waals surface area contributed by atoms with E-state index in [0.29, 0.717) is 22.7 Å². The molecule has 0 bridgehead atoms. The number of carbonyl (C=O) groups excluding carboxylic acids is 2. The molecule has 0 aromatic rings. The minimum atomic E-state index is -1.14. The molecule has 33 heavy (non-hydrogen) atoms. The normalized spacial score (nSPS) is 51.0. The van der Waals surface area contributed by atoms with E-state index < -0.39 is 18.5 Å². The predicted molar refractivity (Wildman–Crippen MR) is 122 cm³/mol. The van der Waals surface area contributed by atoms with Gasteiger partial charge in [0.05, 0.1) is 18.4 Å². The fourth-order valence-electron chi connectivity index (χ4n) is 9.62. The molecule has 2 heterocycles. The Hall–Kier alpha value is -1.14. The van der Waals surface area contributed by atoms with Gasteiger partial charge < -0.3 is 19.3 Å². The summed E-state index contributed by atoms with van der Waals surface area (Å²) in [4.78, 5) is 23.9. The van der Waals surface area contributed by atoms with Gasteiger partial charge in [-0.15, -0.1) is 0 Å². The van der Waals surface area contributed by atoms with Crippen molar-refractivity contribution >= 4 is 11.9 Å². The summed E-state index contributed by atoms with van der Waals surface area (Å²) in [5, 5.41) is 10.4. The quantitative estimate of drug-likeness (QED) is 0.593. The van der Waals surface area contributed by atoms with Crippen LogP contribution < -0.4 is 0 Å². The topological polar surface area (TPSA) is 82.1 Å². The van der Waals surface area contributed by atoms with E-state index in [0.717, 1.165) is 25.2 Å². The fourth-order valence-corrected chi connectivity index (χ4v) is 9.62. The van der Waals surface area contributed by atoms with Gasteiger partial charge in [0.1, 0.15) is 0 Å². The summed E-state index contributed by atoms with van der Waals surface area (Å²) < 4.78 is 17.1. The lowest BCUT2D eigenvalue weighted by Gasteiger charge is -2.68. The Morgan fingerprint density at radius 1 is 1.00 bits per heavy atom. The number of cyclic esters (lactones) is 1. The lowest BCUT2D eigenvalue weighted by molar-refractivity contribution is -0.285. The van der Waals surface area contributed by atoms with Gasteiger partial charge in [-0.1, -0.05) is 34.1 Å². The number of rotatable bonds is 2. The lowest BCUT2D eigenvalue weighted by Crippen LogP contribution is -2.62. The monoisotopic (exact) mass is 462 g/mol. The van der Waals surface area contributed by atoms with Crippen LogP contribution in [-0.2, 0) is 23.8 Å². The molecule has 0 amide bonds. The number of carbonyl (C=O) groups is 2. The molecule has 3 aliphatic carbocycles. The first-order valence-electron chi connectivity index (χ1n) is 13.2. The second-order valence-electron chi connectivity index (χ2n) is 13.0. The van der Waals surface area contributed by atoms with Crippen molar-refractivity contribution in [2.45, 2.75) is 111 Å². The summed E-state index contributed by atoms with van der Waals surface area (Å²) in [6, 6.07) is 0. The zero-order chi connectivity index (χ0) is 23.8. The van der Waals surface area contributed by atoms with Crippen LogP contribution in [0.2, 0.25) is 0 Å².